The topological polar surface area (TPSA) is 12.5 Å². The van der Waals surface area contributed by atoms with Gasteiger partial charge >= 0.3 is 0 Å². The highest BCUT2D eigenvalue weighted by atomic mass is 19.1. The molecule has 2 nitrogen and oxygen atoms in total. The molecular weight excluding hydrogens is 145 g/mol. The van der Waals surface area contributed by atoms with Crippen molar-refractivity contribution in [3.05, 3.63) is 0 Å². The molecule has 0 spiro atoms. The largest absolute Gasteiger partial charge is 0.383 e. The Morgan fingerprint density at radius 3 is 2.73 bits per heavy atom. The highest BCUT2D eigenvalue weighted by molar-refractivity contribution is 4.97. The molecule has 1 rings (SSSR count). The van der Waals surface area contributed by atoms with E-state index in [2.05, 4.69) is 0 Å². The Morgan fingerprint density at radius 1 is 1.73 bits per heavy atom. The van der Waals surface area contributed by atoms with Crippen molar-refractivity contribution in [2.45, 2.75) is 25.1 Å². The van der Waals surface area contributed by atoms with Gasteiger partial charge in [-0.1, -0.05) is 0 Å². The van der Waals surface area contributed by atoms with Crippen LogP contribution in [0.2, 0.25) is 0 Å². The average Bonchev–Trinajstić information content (AvgIpc) is 2.19. The molecule has 2 unspecified atom stereocenters. The van der Waals surface area contributed by atoms with Gasteiger partial charge in [0.15, 0.2) is 0 Å². The van der Waals surface area contributed by atoms with Crippen LogP contribution in [-0.2, 0) is 4.74 Å². The van der Waals surface area contributed by atoms with E-state index in [-0.39, 0.29) is 0 Å². The predicted octanol–water partition coefficient (Wildman–Crippen LogP) is 1.07. The van der Waals surface area contributed by atoms with E-state index in [9.17, 15) is 4.39 Å². The average molecular weight is 161 g/mol. The summed E-state index contributed by atoms with van der Waals surface area (Å²) in [7, 11) is 3.56. The van der Waals surface area contributed by atoms with Crippen molar-refractivity contribution in [3.63, 3.8) is 0 Å². The standard InChI is InChI=1S/C8H16FNO/c1-8(6-11-3)7(9)4-5-10(8)2/h7H,4-6H2,1-3H3. The van der Waals surface area contributed by atoms with Gasteiger partial charge < -0.3 is 4.74 Å². The molecule has 0 radical (unpaired) electrons. The number of alkyl halides is 1. The first kappa shape index (κ1) is 8.94. The first-order chi connectivity index (χ1) is 5.11. The van der Waals surface area contributed by atoms with Gasteiger partial charge in [-0.25, -0.2) is 4.39 Å². The molecule has 0 amide bonds. The summed E-state index contributed by atoms with van der Waals surface area (Å²) >= 11 is 0. The molecule has 0 aromatic carbocycles. The predicted molar refractivity (Wildman–Crippen MR) is 42.4 cm³/mol. The third-order valence-electron chi connectivity index (χ3n) is 2.70. The highest BCUT2D eigenvalue weighted by Crippen LogP contribution is 2.30. The Kier molecular flexibility index (Phi) is 2.50. The first-order valence-corrected chi connectivity index (χ1v) is 3.95. The molecule has 1 heterocycles. The Labute approximate surface area is 67.3 Å². The summed E-state index contributed by atoms with van der Waals surface area (Å²) in [6, 6.07) is 0. The van der Waals surface area contributed by atoms with Crippen LogP contribution >= 0.6 is 0 Å². The second kappa shape index (κ2) is 3.07. The van der Waals surface area contributed by atoms with E-state index in [1.807, 2.05) is 18.9 Å². The van der Waals surface area contributed by atoms with Gasteiger partial charge in [-0.05, 0) is 20.4 Å². The maximum Gasteiger partial charge on any atom is 0.122 e. The minimum absolute atomic E-state index is 0.394. The molecule has 0 bridgehead atoms. The molecule has 0 aliphatic carbocycles. The van der Waals surface area contributed by atoms with Crippen molar-refractivity contribution in [1.29, 1.82) is 0 Å². The first-order valence-electron chi connectivity index (χ1n) is 3.95. The maximum atomic E-state index is 13.3. The molecule has 3 heteroatoms. The zero-order chi connectivity index (χ0) is 8.48. The minimum atomic E-state index is -0.743. The van der Waals surface area contributed by atoms with E-state index < -0.39 is 11.7 Å². The number of likely N-dealkylation sites (N-methyl/N-ethyl adjacent to an activating group) is 1. The molecule has 11 heavy (non-hydrogen) atoms. The second-order valence-corrected chi connectivity index (χ2v) is 3.47. The number of hydrogen-bond acceptors (Lipinski definition) is 2. The van der Waals surface area contributed by atoms with E-state index in [4.69, 9.17) is 4.74 Å². The number of halogens is 1. The van der Waals surface area contributed by atoms with Crippen LogP contribution in [0.4, 0.5) is 4.39 Å². The second-order valence-electron chi connectivity index (χ2n) is 3.47. The zero-order valence-corrected chi connectivity index (χ0v) is 7.43. The van der Waals surface area contributed by atoms with Crippen LogP contribution < -0.4 is 0 Å². The lowest BCUT2D eigenvalue weighted by molar-refractivity contribution is 0.0269. The summed E-state index contributed by atoms with van der Waals surface area (Å²) in [6.45, 7) is 3.22. The Hall–Kier alpha value is -0.150. The molecule has 1 saturated heterocycles. The van der Waals surface area contributed by atoms with Gasteiger partial charge in [0.05, 0.1) is 12.1 Å². The molecule has 2 atom stereocenters. The summed E-state index contributed by atoms with van der Waals surface area (Å²) in [5, 5.41) is 0. The van der Waals surface area contributed by atoms with E-state index in [0.29, 0.717) is 13.0 Å². The van der Waals surface area contributed by atoms with Crippen molar-refractivity contribution in [1.82, 2.24) is 4.90 Å². The van der Waals surface area contributed by atoms with Crippen LogP contribution in [0.1, 0.15) is 13.3 Å². The number of likely N-dealkylation sites (tertiary alicyclic amines) is 1. The van der Waals surface area contributed by atoms with Gasteiger partial charge in [-0.3, -0.25) is 4.90 Å². The number of hydrogen-bond donors (Lipinski definition) is 0. The lowest BCUT2D eigenvalue weighted by atomic mass is 9.99. The van der Waals surface area contributed by atoms with Crippen molar-refractivity contribution in [3.8, 4) is 0 Å². The van der Waals surface area contributed by atoms with Gasteiger partial charge in [-0.15, -0.1) is 0 Å². The highest BCUT2D eigenvalue weighted by Gasteiger charge is 2.43. The lowest BCUT2D eigenvalue weighted by Crippen LogP contribution is -2.47. The number of rotatable bonds is 2. The lowest BCUT2D eigenvalue weighted by Gasteiger charge is -2.32. The Balaban J connectivity index is 2.63. The summed E-state index contributed by atoms with van der Waals surface area (Å²) in [5.41, 5.74) is -0.394. The van der Waals surface area contributed by atoms with Crippen molar-refractivity contribution >= 4 is 0 Å². The van der Waals surface area contributed by atoms with E-state index >= 15 is 0 Å². The van der Waals surface area contributed by atoms with Gasteiger partial charge in [0.25, 0.3) is 0 Å². The number of nitrogens with zero attached hydrogens (tertiary/aromatic N) is 1. The summed E-state index contributed by atoms with van der Waals surface area (Å²) in [6.07, 6.45) is -0.108. The summed E-state index contributed by atoms with van der Waals surface area (Å²) in [4.78, 5) is 2.03. The van der Waals surface area contributed by atoms with Gasteiger partial charge in [0.2, 0.25) is 0 Å². The molecular formula is C8H16FNO. The van der Waals surface area contributed by atoms with Crippen LogP contribution in [0, 0.1) is 0 Å². The van der Waals surface area contributed by atoms with Crippen molar-refractivity contribution in [2.75, 3.05) is 27.3 Å². The molecule has 1 fully saturated rings. The molecule has 66 valence electrons. The molecule has 1 aliphatic heterocycles. The fourth-order valence-corrected chi connectivity index (χ4v) is 1.61. The van der Waals surface area contributed by atoms with Crippen LogP contribution in [0.15, 0.2) is 0 Å². The van der Waals surface area contributed by atoms with E-state index in [1.54, 1.807) is 7.11 Å². The molecule has 1 aliphatic rings. The molecule has 0 saturated carbocycles. The Bertz CT molecular complexity index is 130. The van der Waals surface area contributed by atoms with Crippen molar-refractivity contribution < 1.29 is 9.13 Å². The van der Waals surface area contributed by atoms with E-state index in [1.165, 1.54) is 0 Å². The molecule has 0 N–H and O–H groups in total. The maximum absolute atomic E-state index is 13.3. The van der Waals surface area contributed by atoms with Crippen molar-refractivity contribution in [2.24, 2.45) is 0 Å². The summed E-state index contributed by atoms with van der Waals surface area (Å²) < 4.78 is 18.3. The van der Waals surface area contributed by atoms with Crippen LogP contribution in [0.3, 0.4) is 0 Å². The number of methoxy groups -OCH3 is 1. The van der Waals surface area contributed by atoms with Gasteiger partial charge in [0.1, 0.15) is 6.17 Å². The van der Waals surface area contributed by atoms with Gasteiger partial charge in [-0.2, -0.15) is 0 Å². The van der Waals surface area contributed by atoms with Crippen LogP contribution in [-0.4, -0.2) is 43.9 Å². The minimum Gasteiger partial charge on any atom is -0.383 e. The molecule has 0 aromatic heterocycles. The van der Waals surface area contributed by atoms with E-state index in [0.717, 1.165) is 6.54 Å². The normalized spacial score (nSPS) is 39.8. The smallest absolute Gasteiger partial charge is 0.122 e. The third-order valence-corrected chi connectivity index (χ3v) is 2.70. The monoisotopic (exact) mass is 161 g/mol. The number of ether oxygens (including phenoxy) is 1. The SMILES string of the molecule is COCC1(C)C(F)CCN1C. The van der Waals surface area contributed by atoms with Crippen LogP contribution in [0.25, 0.3) is 0 Å². The van der Waals surface area contributed by atoms with Crippen LogP contribution in [0.5, 0.6) is 0 Å². The fourth-order valence-electron chi connectivity index (χ4n) is 1.61. The molecule has 0 aromatic rings. The zero-order valence-electron chi connectivity index (χ0n) is 7.43. The quantitative estimate of drug-likeness (QED) is 0.600. The fraction of sp³-hybridized carbons (Fsp3) is 1.00. The Morgan fingerprint density at radius 2 is 2.36 bits per heavy atom. The van der Waals surface area contributed by atoms with Gasteiger partial charge in [0, 0.05) is 13.7 Å². The third kappa shape index (κ3) is 1.40. The summed E-state index contributed by atoms with van der Waals surface area (Å²) in [5.74, 6) is 0.